The fourth-order valence-electron chi connectivity index (χ4n) is 2.76. The number of amides is 1. The quantitative estimate of drug-likeness (QED) is 0.468. The largest absolute Gasteiger partial charge is 0.468 e. The zero-order valence-corrected chi connectivity index (χ0v) is 16.7. The molecule has 0 fully saturated rings. The molecule has 148 valence electrons. The Balaban J connectivity index is 1.51. The van der Waals surface area contributed by atoms with E-state index < -0.39 is 10.0 Å². The van der Waals surface area contributed by atoms with E-state index in [1.165, 1.54) is 29.7 Å². The van der Waals surface area contributed by atoms with Crippen LogP contribution >= 0.6 is 11.3 Å². The van der Waals surface area contributed by atoms with Crippen molar-refractivity contribution in [1.29, 1.82) is 0 Å². The van der Waals surface area contributed by atoms with E-state index in [2.05, 4.69) is 10.0 Å². The molecule has 2 N–H and O–H groups in total. The van der Waals surface area contributed by atoms with E-state index in [9.17, 15) is 13.2 Å². The lowest BCUT2D eigenvalue weighted by molar-refractivity contribution is 0.103. The van der Waals surface area contributed by atoms with Crippen LogP contribution in [-0.2, 0) is 16.6 Å². The molecular formula is C20H17N3O4S2. The van der Waals surface area contributed by atoms with Crippen LogP contribution in [0.1, 0.15) is 15.4 Å². The monoisotopic (exact) mass is 427 g/mol. The third-order valence-electron chi connectivity index (χ3n) is 4.15. The van der Waals surface area contributed by atoms with Crippen LogP contribution in [0, 0.1) is 0 Å². The number of carbonyl (C=O) groups excluding carboxylic acids is 1. The normalized spacial score (nSPS) is 11.4. The summed E-state index contributed by atoms with van der Waals surface area (Å²) in [7, 11) is -3.75. The maximum absolute atomic E-state index is 12.7. The molecule has 0 unspecified atom stereocenters. The van der Waals surface area contributed by atoms with Gasteiger partial charge in [-0.15, -0.1) is 11.3 Å². The van der Waals surface area contributed by atoms with Gasteiger partial charge in [-0.1, -0.05) is 6.07 Å². The van der Waals surface area contributed by atoms with E-state index in [-0.39, 0.29) is 17.3 Å². The van der Waals surface area contributed by atoms with Crippen molar-refractivity contribution in [3.05, 3.63) is 89.3 Å². The molecule has 7 nitrogen and oxygen atoms in total. The van der Waals surface area contributed by atoms with Crippen molar-refractivity contribution in [3.63, 3.8) is 0 Å². The number of nitrogens with one attached hydrogen (secondary N) is 2. The lowest BCUT2D eigenvalue weighted by Gasteiger charge is -2.10. The van der Waals surface area contributed by atoms with Crippen LogP contribution in [-0.4, -0.2) is 18.9 Å². The van der Waals surface area contributed by atoms with Gasteiger partial charge in [-0.3, -0.25) is 4.79 Å². The van der Waals surface area contributed by atoms with Crippen LogP contribution in [0.5, 0.6) is 0 Å². The standard InChI is InChI=1S/C20H17N3O4S2/c24-20(19-18(8-12-28-19)23-9-1-2-10-23)22-15-5-3-7-17(13-15)29(25,26)21-14-16-6-4-11-27-16/h1-13,21H,14H2,(H,22,24). The molecule has 0 bridgehead atoms. The molecule has 0 radical (unpaired) electrons. The highest BCUT2D eigenvalue weighted by molar-refractivity contribution is 7.89. The van der Waals surface area contributed by atoms with Crippen molar-refractivity contribution >= 4 is 33.0 Å². The number of nitrogens with zero attached hydrogens (tertiary/aromatic N) is 1. The minimum atomic E-state index is -3.75. The molecule has 3 aromatic heterocycles. The van der Waals surface area contributed by atoms with Gasteiger partial charge in [0, 0.05) is 18.1 Å². The Hall–Kier alpha value is -3.14. The molecule has 0 aliphatic heterocycles. The van der Waals surface area contributed by atoms with Crippen molar-refractivity contribution in [1.82, 2.24) is 9.29 Å². The maximum Gasteiger partial charge on any atom is 0.267 e. The molecule has 1 amide bonds. The molecule has 0 aliphatic carbocycles. The minimum Gasteiger partial charge on any atom is -0.468 e. The zero-order valence-electron chi connectivity index (χ0n) is 15.1. The van der Waals surface area contributed by atoms with Gasteiger partial charge in [0.05, 0.1) is 23.4 Å². The average Bonchev–Trinajstić information content (AvgIpc) is 3.49. The van der Waals surface area contributed by atoms with Crippen LogP contribution < -0.4 is 10.0 Å². The van der Waals surface area contributed by atoms with Crippen LogP contribution in [0.3, 0.4) is 0 Å². The summed E-state index contributed by atoms with van der Waals surface area (Å²) in [6.07, 6.45) is 5.19. The van der Waals surface area contributed by atoms with E-state index in [1.807, 2.05) is 40.5 Å². The van der Waals surface area contributed by atoms with Crippen LogP contribution in [0.2, 0.25) is 0 Å². The molecule has 4 rings (SSSR count). The van der Waals surface area contributed by atoms with Gasteiger partial charge in [-0.2, -0.15) is 0 Å². The molecule has 0 saturated carbocycles. The number of thiophene rings is 1. The Labute approximate surface area is 171 Å². The molecule has 4 aromatic rings. The number of anilines is 1. The van der Waals surface area contributed by atoms with Crippen molar-refractivity contribution in [2.45, 2.75) is 11.4 Å². The maximum atomic E-state index is 12.7. The van der Waals surface area contributed by atoms with Gasteiger partial charge in [-0.05, 0) is 53.9 Å². The average molecular weight is 428 g/mol. The number of rotatable bonds is 7. The van der Waals surface area contributed by atoms with Crippen molar-refractivity contribution < 1.29 is 17.6 Å². The number of benzene rings is 1. The zero-order chi connectivity index (χ0) is 20.3. The smallest absolute Gasteiger partial charge is 0.267 e. The fourth-order valence-corrected chi connectivity index (χ4v) is 4.59. The van der Waals surface area contributed by atoms with Crippen molar-refractivity contribution in [2.75, 3.05) is 5.32 Å². The first-order chi connectivity index (χ1) is 14.0. The molecule has 0 atom stereocenters. The molecule has 0 aliphatic rings. The van der Waals surface area contributed by atoms with Gasteiger partial charge in [0.1, 0.15) is 10.6 Å². The van der Waals surface area contributed by atoms with Gasteiger partial charge in [0.2, 0.25) is 10.0 Å². The molecule has 3 heterocycles. The van der Waals surface area contributed by atoms with E-state index in [0.29, 0.717) is 16.3 Å². The summed E-state index contributed by atoms with van der Waals surface area (Å²) in [5.41, 5.74) is 1.16. The molecular weight excluding hydrogens is 410 g/mol. The van der Waals surface area contributed by atoms with E-state index in [1.54, 1.807) is 24.3 Å². The minimum absolute atomic E-state index is 0.0430. The van der Waals surface area contributed by atoms with Gasteiger partial charge in [0.15, 0.2) is 0 Å². The topological polar surface area (TPSA) is 93.3 Å². The lowest BCUT2D eigenvalue weighted by atomic mass is 10.3. The summed E-state index contributed by atoms with van der Waals surface area (Å²) in [6, 6.07) is 15.1. The Morgan fingerprint density at radius 1 is 1.07 bits per heavy atom. The molecule has 1 aromatic carbocycles. The van der Waals surface area contributed by atoms with Crippen molar-refractivity contribution in [2.24, 2.45) is 0 Å². The summed E-state index contributed by atoms with van der Waals surface area (Å²) in [4.78, 5) is 13.3. The molecule has 0 spiro atoms. The Kier molecular flexibility index (Phi) is 5.34. The van der Waals surface area contributed by atoms with E-state index in [0.717, 1.165) is 5.69 Å². The lowest BCUT2D eigenvalue weighted by Crippen LogP contribution is -2.23. The second-order valence-corrected chi connectivity index (χ2v) is 8.79. The SMILES string of the molecule is O=C(Nc1cccc(S(=O)(=O)NCc2ccco2)c1)c1sccc1-n1cccc1. The summed E-state index contributed by atoms with van der Waals surface area (Å²) >= 11 is 1.32. The molecule has 29 heavy (non-hydrogen) atoms. The third-order valence-corrected chi connectivity index (χ3v) is 6.45. The van der Waals surface area contributed by atoms with Gasteiger partial charge in [0.25, 0.3) is 5.91 Å². The molecule has 9 heteroatoms. The first kappa shape index (κ1) is 19.2. The number of furan rings is 1. The van der Waals surface area contributed by atoms with E-state index in [4.69, 9.17) is 4.42 Å². The number of carbonyl (C=O) groups is 1. The van der Waals surface area contributed by atoms with Gasteiger partial charge < -0.3 is 14.3 Å². The van der Waals surface area contributed by atoms with Crippen LogP contribution in [0.25, 0.3) is 5.69 Å². The first-order valence-corrected chi connectivity index (χ1v) is 11.0. The summed E-state index contributed by atoms with van der Waals surface area (Å²) < 4.78 is 34.5. The summed E-state index contributed by atoms with van der Waals surface area (Å²) in [6.45, 7) is 0.0430. The number of hydrogen-bond donors (Lipinski definition) is 2. The number of hydrogen-bond acceptors (Lipinski definition) is 5. The molecule has 0 saturated heterocycles. The third kappa shape index (κ3) is 4.32. The highest BCUT2D eigenvalue weighted by atomic mass is 32.2. The van der Waals surface area contributed by atoms with Crippen molar-refractivity contribution in [3.8, 4) is 5.69 Å². The highest BCUT2D eigenvalue weighted by Gasteiger charge is 2.18. The Morgan fingerprint density at radius 3 is 2.66 bits per heavy atom. The first-order valence-electron chi connectivity index (χ1n) is 8.67. The Bertz CT molecular complexity index is 1210. The van der Waals surface area contributed by atoms with Gasteiger partial charge in [-0.25, -0.2) is 13.1 Å². The number of aromatic nitrogens is 1. The Morgan fingerprint density at radius 2 is 1.90 bits per heavy atom. The predicted octanol–water partition coefficient (Wildman–Crippen LogP) is 3.86. The van der Waals surface area contributed by atoms with Gasteiger partial charge >= 0.3 is 0 Å². The second-order valence-electron chi connectivity index (χ2n) is 6.11. The highest BCUT2D eigenvalue weighted by Crippen LogP contribution is 2.23. The summed E-state index contributed by atoms with van der Waals surface area (Å²) in [5.74, 6) is 0.204. The van der Waals surface area contributed by atoms with Crippen LogP contribution in [0.4, 0.5) is 5.69 Å². The predicted molar refractivity (Wildman–Crippen MR) is 111 cm³/mol. The number of sulfonamides is 1. The van der Waals surface area contributed by atoms with Crippen LogP contribution in [0.15, 0.2) is 87.9 Å². The summed E-state index contributed by atoms with van der Waals surface area (Å²) in [5, 5.41) is 4.61. The van der Waals surface area contributed by atoms with E-state index >= 15 is 0 Å². The fraction of sp³-hybridized carbons (Fsp3) is 0.0500. The second kappa shape index (κ2) is 8.08.